The van der Waals surface area contributed by atoms with Crippen molar-refractivity contribution in [2.45, 2.75) is 66.2 Å². The van der Waals surface area contributed by atoms with Crippen LogP contribution in [0.4, 0.5) is 0 Å². The lowest BCUT2D eigenvalue weighted by Crippen LogP contribution is -2.32. The minimum Gasteiger partial charge on any atom is -0.0649 e. The fourth-order valence-corrected chi connectivity index (χ4v) is 2.39. The van der Waals surface area contributed by atoms with Gasteiger partial charge in [0.25, 0.3) is 0 Å². The second-order valence-corrected chi connectivity index (χ2v) is 5.57. The van der Waals surface area contributed by atoms with E-state index in [1.807, 2.05) is 0 Å². The fourth-order valence-electron chi connectivity index (χ4n) is 2.39. The topological polar surface area (TPSA) is 0 Å². The molecule has 1 fully saturated rings. The third kappa shape index (κ3) is 2.72. The van der Waals surface area contributed by atoms with Crippen LogP contribution in [0.15, 0.2) is 0 Å². The molecule has 78 valence electrons. The van der Waals surface area contributed by atoms with Crippen molar-refractivity contribution in [1.29, 1.82) is 0 Å². The maximum atomic E-state index is 2.51. The van der Waals surface area contributed by atoms with Gasteiger partial charge in [0.2, 0.25) is 0 Å². The Labute approximate surface area is 84.1 Å². The lowest BCUT2D eigenvalue weighted by Gasteiger charge is -2.43. The maximum Gasteiger partial charge on any atom is -0.0300 e. The van der Waals surface area contributed by atoms with Crippen LogP contribution in [0.5, 0.6) is 0 Å². The highest BCUT2D eigenvalue weighted by Gasteiger charge is 2.35. The highest BCUT2D eigenvalue weighted by molar-refractivity contribution is 4.86. The van der Waals surface area contributed by atoms with E-state index in [4.69, 9.17) is 0 Å². The van der Waals surface area contributed by atoms with Gasteiger partial charge in [-0.05, 0) is 36.5 Å². The first-order valence-corrected chi connectivity index (χ1v) is 6.08. The molecular formula is C13H26. The summed E-state index contributed by atoms with van der Waals surface area (Å²) in [5.41, 5.74) is 0.669. The van der Waals surface area contributed by atoms with Gasteiger partial charge >= 0.3 is 0 Å². The number of hydrogen-bond donors (Lipinski definition) is 0. The number of rotatable bonds is 5. The van der Waals surface area contributed by atoms with Crippen LogP contribution in [0.2, 0.25) is 0 Å². The minimum absolute atomic E-state index is 0.669. The third-order valence-corrected chi connectivity index (χ3v) is 4.19. The van der Waals surface area contributed by atoms with Gasteiger partial charge in [-0.25, -0.2) is 0 Å². The first kappa shape index (κ1) is 11.1. The van der Waals surface area contributed by atoms with E-state index in [0.29, 0.717) is 5.41 Å². The van der Waals surface area contributed by atoms with E-state index in [0.717, 1.165) is 11.8 Å². The summed E-state index contributed by atoms with van der Waals surface area (Å²) in [6.45, 7) is 9.57. The molecule has 1 atom stereocenters. The Morgan fingerprint density at radius 2 is 1.92 bits per heavy atom. The van der Waals surface area contributed by atoms with E-state index in [1.165, 1.54) is 38.5 Å². The molecule has 0 aromatic carbocycles. The lowest BCUT2D eigenvalue weighted by atomic mass is 9.62. The molecule has 1 aliphatic rings. The van der Waals surface area contributed by atoms with Crippen molar-refractivity contribution in [2.75, 3.05) is 0 Å². The van der Waals surface area contributed by atoms with Gasteiger partial charge in [-0.2, -0.15) is 0 Å². The van der Waals surface area contributed by atoms with Crippen molar-refractivity contribution in [3.63, 3.8) is 0 Å². The molecule has 0 bridgehead atoms. The Kier molecular flexibility index (Phi) is 3.82. The molecule has 0 aromatic rings. The Morgan fingerprint density at radius 1 is 1.31 bits per heavy atom. The van der Waals surface area contributed by atoms with Gasteiger partial charge in [0.1, 0.15) is 0 Å². The molecule has 0 N–H and O–H groups in total. The fraction of sp³-hybridized carbons (Fsp3) is 1.00. The summed E-state index contributed by atoms with van der Waals surface area (Å²) >= 11 is 0. The van der Waals surface area contributed by atoms with Crippen LogP contribution in [0.1, 0.15) is 66.2 Å². The van der Waals surface area contributed by atoms with Gasteiger partial charge < -0.3 is 0 Å². The molecule has 0 heteroatoms. The molecule has 0 saturated heterocycles. The van der Waals surface area contributed by atoms with E-state index >= 15 is 0 Å². The molecule has 13 heavy (non-hydrogen) atoms. The van der Waals surface area contributed by atoms with E-state index in [-0.39, 0.29) is 0 Å². The maximum absolute atomic E-state index is 2.51. The van der Waals surface area contributed by atoms with Gasteiger partial charge in [-0.1, -0.05) is 47.0 Å². The van der Waals surface area contributed by atoms with Gasteiger partial charge in [-0.3, -0.25) is 0 Å². The Bertz CT molecular complexity index is 144. The van der Waals surface area contributed by atoms with Gasteiger partial charge in [0, 0.05) is 0 Å². The first-order valence-electron chi connectivity index (χ1n) is 6.08. The van der Waals surface area contributed by atoms with E-state index in [9.17, 15) is 0 Å². The Balaban J connectivity index is 2.38. The van der Waals surface area contributed by atoms with Crippen LogP contribution in [-0.4, -0.2) is 0 Å². The molecule has 1 saturated carbocycles. The van der Waals surface area contributed by atoms with Gasteiger partial charge in [-0.15, -0.1) is 0 Å². The van der Waals surface area contributed by atoms with Gasteiger partial charge in [0.15, 0.2) is 0 Å². The summed E-state index contributed by atoms with van der Waals surface area (Å²) in [5.74, 6) is 1.93. The summed E-state index contributed by atoms with van der Waals surface area (Å²) in [6, 6.07) is 0. The Hall–Kier alpha value is 0. The zero-order valence-corrected chi connectivity index (χ0v) is 9.90. The van der Waals surface area contributed by atoms with Crippen molar-refractivity contribution < 1.29 is 0 Å². The normalized spacial score (nSPS) is 22.8. The molecule has 0 heterocycles. The molecular weight excluding hydrogens is 156 g/mol. The molecule has 0 spiro atoms. The molecule has 0 radical (unpaired) electrons. The average Bonchev–Trinajstić information content (AvgIpc) is 1.98. The quantitative estimate of drug-likeness (QED) is 0.581. The van der Waals surface area contributed by atoms with Crippen molar-refractivity contribution in [2.24, 2.45) is 17.3 Å². The predicted molar refractivity (Wildman–Crippen MR) is 59.8 cm³/mol. The van der Waals surface area contributed by atoms with Crippen LogP contribution in [0.25, 0.3) is 0 Å². The number of hydrogen-bond acceptors (Lipinski definition) is 0. The molecule has 0 nitrogen and oxygen atoms in total. The van der Waals surface area contributed by atoms with Gasteiger partial charge in [0.05, 0.1) is 0 Å². The highest BCUT2D eigenvalue weighted by Crippen LogP contribution is 2.47. The third-order valence-electron chi connectivity index (χ3n) is 4.19. The van der Waals surface area contributed by atoms with Crippen molar-refractivity contribution in [3.05, 3.63) is 0 Å². The lowest BCUT2D eigenvalue weighted by molar-refractivity contribution is 0.0804. The van der Waals surface area contributed by atoms with Crippen LogP contribution < -0.4 is 0 Å². The molecule has 1 rings (SSSR count). The molecule has 0 amide bonds. The van der Waals surface area contributed by atoms with E-state index < -0.39 is 0 Å². The van der Waals surface area contributed by atoms with E-state index in [2.05, 4.69) is 27.7 Å². The summed E-state index contributed by atoms with van der Waals surface area (Å²) in [7, 11) is 0. The first-order chi connectivity index (χ1) is 6.08. The standard InChI is InChI=1S/C13H26/c1-5-13(4,10-9-11(2)3)12-7-6-8-12/h11-12H,5-10H2,1-4H3. The van der Waals surface area contributed by atoms with Crippen LogP contribution >= 0.6 is 0 Å². The largest absolute Gasteiger partial charge is 0.0649 e. The molecule has 0 aliphatic heterocycles. The summed E-state index contributed by atoms with van der Waals surface area (Å²) in [5, 5.41) is 0. The second kappa shape index (κ2) is 4.48. The van der Waals surface area contributed by atoms with Crippen LogP contribution in [0, 0.1) is 17.3 Å². The summed E-state index contributed by atoms with van der Waals surface area (Å²) in [4.78, 5) is 0. The zero-order chi connectivity index (χ0) is 9.90. The van der Waals surface area contributed by atoms with Crippen LogP contribution in [-0.2, 0) is 0 Å². The summed E-state index contributed by atoms with van der Waals surface area (Å²) < 4.78 is 0. The minimum atomic E-state index is 0.669. The molecule has 1 unspecified atom stereocenters. The average molecular weight is 182 g/mol. The summed E-state index contributed by atoms with van der Waals surface area (Å²) in [6.07, 6.45) is 8.74. The molecule has 0 aromatic heterocycles. The second-order valence-electron chi connectivity index (χ2n) is 5.57. The zero-order valence-electron chi connectivity index (χ0n) is 9.90. The monoisotopic (exact) mass is 182 g/mol. The van der Waals surface area contributed by atoms with Crippen molar-refractivity contribution in [1.82, 2.24) is 0 Å². The Morgan fingerprint density at radius 3 is 2.23 bits per heavy atom. The van der Waals surface area contributed by atoms with E-state index in [1.54, 1.807) is 0 Å². The van der Waals surface area contributed by atoms with Crippen LogP contribution in [0.3, 0.4) is 0 Å². The predicted octanol–water partition coefficient (Wildman–Crippen LogP) is 4.64. The van der Waals surface area contributed by atoms with Crippen molar-refractivity contribution in [3.8, 4) is 0 Å². The molecule has 1 aliphatic carbocycles. The highest BCUT2D eigenvalue weighted by atomic mass is 14.4. The van der Waals surface area contributed by atoms with Crippen molar-refractivity contribution >= 4 is 0 Å². The smallest absolute Gasteiger partial charge is 0.0300 e. The SMILES string of the molecule is CCC(C)(CCC(C)C)C1CCC1.